The zero-order chi connectivity index (χ0) is 21.1. The molecule has 2 aromatic rings. The first-order valence-corrected chi connectivity index (χ1v) is 9.66. The number of amides is 3. The molecule has 2 rings (SSSR count). The number of ether oxygens (including phenoxy) is 1. The van der Waals surface area contributed by atoms with E-state index in [1.165, 1.54) is 0 Å². The lowest BCUT2D eigenvalue weighted by Crippen LogP contribution is -2.37. The number of hydrogen-bond acceptors (Lipinski definition) is 4. The Balaban J connectivity index is 1.96. The van der Waals surface area contributed by atoms with Crippen molar-refractivity contribution in [2.45, 2.75) is 19.4 Å². The highest BCUT2D eigenvalue weighted by molar-refractivity contribution is 6.33. The molecule has 1 atom stereocenters. The van der Waals surface area contributed by atoms with E-state index in [0.717, 1.165) is 5.56 Å². The maximum absolute atomic E-state index is 12.6. The molecular formula is C21H24ClN3O4. The number of rotatable bonds is 9. The van der Waals surface area contributed by atoms with Gasteiger partial charge in [0.1, 0.15) is 0 Å². The summed E-state index contributed by atoms with van der Waals surface area (Å²) in [5.41, 5.74) is 1.14. The van der Waals surface area contributed by atoms with Crippen LogP contribution in [0.4, 0.5) is 4.79 Å². The molecule has 0 aromatic heterocycles. The summed E-state index contributed by atoms with van der Waals surface area (Å²) < 4.78 is 4.75. The van der Waals surface area contributed by atoms with E-state index >= 15 is 0 Å². The lowest BCUT2D eigenvalue weighted by molar-refractivity contribution is -0.121. The van der Waals surface area contributed by atoms with Crippen LogP contribution in [0.15, 0.2) is 54.6 Å². The minimum absolute atomic E-state index is 0.0413. The maximum Gasteiger partial charge on any atom is 0.407 e. The van der Waals surface area contributed by atoms with E-state index < -0.39 is 12.1 Å². The predicted octanol–water partition coefficient (Wildman–Crippen LogP) is 3.06. The van der Waals surface area contributed by atoms with Gasteiger partial charge in [0, 0.05) is 13.1 Å². The van der Waals surface area contributed by atoms with Gasteiger partial charge in [0.15, 0.2) is 0 Å². The van der Waals surface area contributed by atoms with Crippen LogP contribution in [0.25, 0.3) is 0 Å². The molecule has 0 fully saturated rings. The first-order chi connectivity index (χ1) is 14.0. The minimum atomic E-state index is -0.532. The smallest absolute Gasteiger partial charge is 0.407 e. The van der Waals surface area contributed by atoms with Gasteiger partial charge in [-0.3, -0.25) is 9.59 Å². The summed E-state index contributed by atoms with van der Waals surface area (Å²) in [6, 6.07) is 15.4. The molecule has 2 aromatic carbocycles. The summed E-state index contributed by atoms with van der Waals surface area (Å²) in [5.74, 6) is -0.620. The molecule has 3 amide bonds. The van der Waals surface area contributed by atoms with Crippen molar-refractivity contribution in [1.82, 2.24) is 16.0 Å². The number of nitrogens with one attached hydrogen (secondary N) is 3. The fraction of sp³-hybridized carbons (Fsp3) is 0.286. The van der Waals surface area contributed by atoms with Gasteiger partial charge in [-0.1, -0.05) is 54.1 Å². The number of benzene rings is 2. The van der Waals surface area contributed by atoms with Crippen molar-refractivity contribution in [2.75, 3.05) is 19.7 Å². The summed E-state index contributed by atoms with van der Waals surface area (Å²) in [6.07, 6.45) is -0.490. The third kappa shape index (κ3) is 7.46. The predicted molar refractivity (Wildman–Crippen MR) is 111 cm³/mol. The van der Waals surface area contributed by atoms with Crippen LogP contribution in [0.1, 0.15) is 35.3 Å². The van der Waals surface area contributed by atoms with Crippen LogP contribution in [0.2, 0.25) is 5.02 Å². The fourth-order valence-corrected chi connectivity index (χ4v) is 2.85. The van der Waals surface area contributed by atoms with Crippen molar-refractivity contribution in [2.24, 2.45) is 0 Å². The molecule has 0 heterocycles. The van der Waals surface area contributed by atoms with E-state index in [0.29, 0.717) is 10.6 Å². The van der Waals surface area contributed by atoms with Gasteiger partial charge in [-0.15, -0.1) is 0 Å². The first-order valence-electron chi connectivity index (χ1n) is 9.29. The van der Waals surface area contributed by atoms with Crippen molar-refractivity contribution in [3.63, 3.8) is 0 Å². The Morgan fingerprint density at radius 1 is 0.966 bits per heavy atom. The third-order valence-electron chi connectivity index (χ3n) is 4.01. The van der Waals surface area contributed by atoms with Gasteiger partial charge in [-0.05, 0) is 24.6 Å². The standard InChI is InChI=1S/C21H24ClN3O4/c1-2-29-21(28)24-13-12-23-19(26)14-18(15-8-4-3-5-9-15)25-20(27)16-10-6-7-11-17(16)22/h3-11,18H,2,12-14H2,1H3,(H,23,26)(H,24,28)(H,25,27). The van der Waals surface area contributed by atoms with Gasteiger partial charge in [-0.2, -0.15) is 0 Å². The summed E-state index contributed by atoms with van der Waals surface area (Å²) in [5, 5.41) is 8.45. The highest BCUT2D eigenvalue weighted by atomic mass is 35.5. The molecule has 0 radical (unpaired) electrons. The second kappa shape index (κ2) is 11.7. The van der Waals surface area contributed by atoms with E-state index in [9.17, 15) is 14.4 Å². The molecule has 0 aliphatic rings. The molecule has 29 heavy (non-hydrogen) atoms. The van der Waals surface area contributed by atoms with E-state index in [1.54, 1.807) is 31.2 Å². The molecule has 0 spiro atoms. The Morgan fingerprint density at radius 2 is 1.62 bits per heavy atom. The van der Waals surface area contributed by atoms with Crippen molar-refractivity contribution in [1.29, 1.82) is 0 Å². The normalized spacial score (nSPS) is 11.2. The molecule has 3 N–H and O–H groups in total. The topological polar surface area (TPSA) is 96.5 Å². The van der Waals surface area contributed by atoms with Gasteiger partial charge < -0.3 is 20.7 Å². The lowest BCUT2D eigenvalue weighted by Gasteiger charge is -2.19. The van der Waals surface area contributed by atoms with Crippen molar-refractivity contribution in [3.05, 3.63) is 70.7 Å². The number of halogens is 1. The summed E-state index contributed by atoms with van der Waals surface area (Å²) >= 11 is 6.10. The number of carbonyl (C=O) groups excluding carboxylic acids is 3. The number of hydrogen-bond donors (Lipinski definition) is 3. The summed E-state index contributed by atoms with van der Waals surface area (Å²) in [4.78, 5) is 36.2. The largest absolute Gasteiger partial charge is 0.450 e. The van der Waals surface area contributed by atoms with Gasteiger partial charge >= 0.3 is 6.09 Å². The molecule has 1 unspecified atom stereocenters. The van der Waals surface area contributed by atoms with Crippen molar-refractivity contribution < 1.29 is 19.1 Å². The molecular weight excluding hydrogens is 394 g/mol. The van der Waals surface area contributed by atoms with Crippen LogP contribution in [0, 0.1) is 0 Å². The Labute approximate surface area is 174 Å². The lowest BCUT2D eigenvalue weighted by atomic mass is 10.0. The van der Waals surface area contributed by atoms with Gasteiger partial charge in [-0.25, -0.2) is 4.79 Å². The first kappa shape index (κ1) is 22.2. The summed E-state index contributed by atoms with van der Waals surface area (Å²) in [6.45, 7) is 2.48. The number of alkyl carbamates (subject to hydrolysis) is 1. The van der Waals surface area contributed by atoms with Gasteiger partial charge in [0.25, 0.3) is 5.91 Å². The zero-order valence-corrected chi connectivity index (χ0v) is 16.9. The molecule has 8 heteroatoms. The average molecular weight is 418 g/mol. The molecule has 0 aliphatic heterocycles. The second-order valence-corrected chi connectivity index (χ2v) is 6.53. The van der Waals surface area contributed by atoms with E-state index in [-0.39, 0.29) is 37.9 Å². The fourth-order valence-electron chi connectivity index (χ4n) is 2.63. The quantitative estimate of drug-likeness (QED) is 0.546. The Bertz CT molecular complexity index is 830. The average Bonchev–Trinajstić information content (AvgIpc) is 2.72. The highest BCUT2D eigenvalue weighted by Crippen LogP contribution is 2.20. The van der Waals surface area contributed by atoms with Crippen LogP contribution in [-0.4, -0.2) is 37.6 Å². The summed E-state index contributed by atoms with van der Waals surface area (Å²) in [7, 11) is 0. The Kier molecular flexibility index (Phi) is 8.98. The third-order valence-corrected chi connectivity index (χ3v) is 4.34. The van der Waals surface area contributed by atoms with Crippen LogP contribution in [0.5, 0.6) is 0 Å². The maximum atomic E-state index is 12.6. The van der Waals surface area contributed by atoms with Gasteiger partial charge in [0.2, 0.25) is 5.91 Å². The monoisotopic (exact) mass is 417 g/mol. The van der Waals surface area contributed by atoms with Crippen LogP contribution in [0.3, 0.4) is 0 Å². The SMILES string of the molecule is CCOC(=O)NCCNC(=O)CC(NC(=O)c1ccccc1Cl)c1ccccc1. The molecule has 0 bridgehead atoms. The van der Waals surface area contributed by atoms with Crippen molar-refractivity contribution >= 4 is 29.5 Å². The molecule has 0 saturated heterocycles. The molecule has 154 valence electrons. The van der Waals surface area contributed by atoms with E-state index in [2.05, 4.69) is 16.0 Å². The Hall–Kier alpha value is -3.06. The second-order valence-electron chi connectivity index (χ2n) is 6.12. The Morgan fingerprint density at radius 3 is 2.31 bits per heavy atom. The van der Waals surface area contributed by atoms with Crippen LogP contribution in [-0.2, 0) is 9.53 Å². The zero-order valence-electron chi connectivity index (χ0n) is 16.1. The van der Waals surface area contributed by atoms with Crippen molar-refractivity contribution in [3.8, 4) is 0 Å². The van der Waals surface area contributed by atoms with E-state index in [4.69, 9.17) is 16.3 Å². The van der Waals surface area contributed by atoms with Crippen LogP contribution >= 0.6 is 11.6 Å². The van der Waals surface area contributed by atoms with Gasteiger partial charge in [0.05, 0.1) is 29.7 Å². The molecule has 7 nitrogen and oxygen atoms in total. The van der Waals surface area contributed by atoms with E-state index in [1.807, 2.05) is 30.3 Å². The van der Waals surface area contributed by atoms with Crippen LogP contribution < -0.4 is 16.0 Å². The highest BCUT2D eigenvalue weighted by Gasteiger charge is 2.20. The number of carbonyl (C=O) groups is 3. The molecule has 0 aliphatic carbocycles. The molecule has 0 saturated carbocycles. The minimum Gasteiger partial charge on any atom is -0.450 e.